The summed E-state index contributed by atoms with van der Waals surface area (Å²) in [4.78, 5) is 7.98. The molecule has 0 aliphatic carbocycles. The highest BCUT2D eigenvalue weighted by Crippen LogP contribution is 2.28. The molecule has 1 aromatic heterocycles. The van der Waals surface area contributed by atoms with Gasteiger partial charge in [-0.2, -0.15) is 4.99 Å². The first-order valence-corrected chi connectivity index (χ1v) is 5.04. The Kier molecular flexibility index (Phi) is 2.38. The van der Waals surface area contributed by atoms with E-state index in [9.17, 15) is 0 Å². The molecule has 2 rings (SSSR count). The molecule has 64 valence electrons. The minimum atomic E-state index is 0.540. The van der Waals surface area contributed by atoms with Crippen molar-refractivity contribution >= 4 is 56.2 Å². The maximum absolute atomic E-state index is 5.75. The lowest BCUT2D eigenvalue weighted by Gasteiger charge is -1.88. The predicted molar refractivity (Wildman–Crippen MR) is 59.3 cm³/mol. The van der Waals surface area contributed by atoms with Crippen molar-refractivity contribution in [3.8, 4) is 0 Å². The smallest absolute Gasteiger partial charge is 0.184 e. The molecule has 0 spiro atoms. The number of nitrogens with zero attached hydrogens (tertiary/aromatic N) is 2. The van der Waals surface area contributed by atoms with E-state index in [-0.39, 0.29) is 0 Å². The lowest BCUT2D eigenvalue weighted by Crippen LogP contribution is -1.66. The van der Waals surface area contributed by atoms with Crippen molar-refractivity contribution in [1.82, 2.24) is 4.98 Å². The summed E-state index contributed by atoms with van der Waals surface area (Å²) in [6.45, 7) is 0. The summed E-state index contributed by atoms with van der Waals surface area (Å²) >= 11 is 11.7. The van der Waals surface area contributed by atoms with Gasteiger partial charge in [0.05, 0.1) is 21.1 Å². The molecule has 5 heteroatoms. The third kappa shape index (κ3) is 1.76. The third-order valence-corrected chi connectivity index (χ3v) is 2.73. The van der Waals surface area contributed by atoms with Crippen molar-refractivity contribution in [2.45, 2.75) is 0 Å². The number of fused-ring (bicyclic) bond motifs is 1. The van der Waals surface area contributed by atoms with Crippen LogP contribution in [-0.4, -0.2) is 10.1 Å². The van der Waals surface area contributed by atoms with Gasteiger partial charge in [-0.05, 0) is 30.4 Å². The Labute approximate surface area is 88.9 Å². The molecule has 1 aromatic carbocycles. The van der Waals surface area contributed by atoms with E-state index in [0.29, 0.717) is 4.47 Å². The second-order valence-electron chi connectivity index (χ2n) is 2.32. The number of benzene rings is 1. The lowest BCUT2D eigenvalue weighted by atomic mass is 10.3. The molecule has 0 saturated carbocycles. The van der Waals surface area contributed by atoms with Gasteiger partial charge in [-0.25, -0.2) is 4.98 Å². The molecular formula is C8H3ClN2S2. The molecule has 1 heterocycles. The second-order valence-corrected chi connectivity index (χ2v) is 4.12. The molecular weight excluding hydrogens is 224 g/mol. The van der Waals surface area contributed by atoms with Crippen LogP contribution in [0.2, 0.25) is 4.47 Å². The SMILES string of the molecule is S=C=Nc1ccc2nc(Cl)sc2c1. The van der Waals surface area contributed by atoms with Crippen LogP contribution in [0.5, 0.6) is 0 Å². The van der Waals surface area contributed by atoms with Crippen LogP contribution in [0.25, 0.3) is 10.2 Å². The van der Waals surface area contributed by atoms with E-state index in [1.165, 1.54) is 11.3 Å². The number of aliphatic imine (C=N–C) groups is 1. The summed E-state index contributed by atoms with van der Waals surface area (Å²) in [5.74, 6) is 0. The Hall–Kier alpha value is -0.800. The second kappa shape index (κ2) is 3.52. The highest BCUT2D eigenvalue weighted by molar-refractivity contribution is 7.78. The fraction of sp³-hybridized carbons (Fsp3) is 0. The highest BCUT2D eigenvalue weighted by atomic mass is 35.5. The summed E-state index contributed by atoms with van der Waals surface area (Å²) in [6.07, 6.45) is 0. The van der Waals surface area contributed by atoms with Crippen LogP contribution in [0.3, 0.4) is 0 Å². The van der Waals surface area contributed by atoms with Gasteiger partial charge in [0.1, 0.15) is 0 Å². The molecule has 0 fully saturated rings. The van der Waals surface area contributed by atoms with Crippen molar-refractivity contribution in [2.75, 3.05) is 0 Å². The van der Waals surface area contributed by atoms with Gasteiger partial charge in [-0.1, -0.05) is 11.6 Å². The molecule has 2 nitrogen and oxygen atoms in total. The molecule has 0 unspecified atom stereocenters. The number of isothiocyanates is 1. The topological polar surface area (TPSA) is 25.2 Å². The van der Waals surface area contributed by atoms with Crippen LogP contribution in [-0.2, 0) is 0 Å². The molecule has 0 aliphatic heterocycles. The zero-order chi connectivity index (χ0) is 9.26. The van der Waals surface area contributed by atoms with Gasteiger partial charge in [-0.15, -0.1) is 11.3 Å². The van der Waals surface area contributed by atoms with Crippen molar-refractivity contribution in [3.63, 3.8) is 0 Å². The Morgan fingerprint density at radius 2 is 2.38 bits per heavy atom. The minimum absolute atomic E-state index is 0.540. The molecule has 0 atom stereocenters. The summed E-state index contributed by atoms with van der Waals surface area (Å²) in [6, 6.07) is 5.58. The maximum atomic E-state index is 5.75. The molecule has 0 aliphatic rings. The summed E-state index contributed by atoms with van der Waals surface area (Å²) in [7, 11) is 0. The minimum Gasteiger partial charge on any atom is -0.225 e. The van der Waals surface area contributed by atoms with Crippen molar-refractivity contribution in [1.29, 1.82) is 0 Å². The van der Waals surface area contributed by atoms with Crippen LogP contribution < -0.4 is 0 Å². The van der Waals surface area contributed by atoms with Gasteiger partial charge in [0.25, 0.3) is 0 Å². The zero-order valence-corrected chi connectivity index (χ0v) is 8.71. The Morgan fingerprint density at radius 3 is 3.15 bits per heavy atom. The lowest BCUT2D eigenvalue weighted by molar-refractivity contribution is 1.49. The van der Waals surface area contributed by atoms with Crippen LogP contribution in [0.1, 0.15) is 0 Å². The summed E-state index contributed by atoms with van der Waals surface area (Å²) in [5, 5.41) is 2.32. The number of hydrogen-bond donors (Lipinski definition) is 0. The first kappa shape index (κ1) is 8.78. The van der Waals surface area contributed by atoms with Gasteiger partial charge >= 0.3 is 0 Å². The first-order chi connectivity index (χ1) is 6.29. The van der Waals surface area contributed by atoms with E-state index >= 15 is 0 Å². The van der Waals surface area contributed by atoms with Crippen molar-refractivity contribution in [3.05, 3.63) is 22.7 Å². The number of hydrogen-bond acceptors (Lipinski definition) is 4. The zero-order valence-electron chi connectivity index (χ0n) is 6.32. The van der Waals surface area contributed by atoms with Crippen molar-refractivity contribution < 1.29 is 0 Å². The number of rotatable bonds is 1. The Balaban J connectivity index is 2.67. The first-order valence-electron chi connectivity index (χ1n) is 3.43. The Morgan fingerprint density at radius 1 is 1.54 bits per heavy atom. The van der Waals surface area contributed by atoms with E-state index in [2.05, 4.69) is 27.4 Å². The molecule has 0 N–H and O–H groups in total. The van der Waals surface area contributed by atoms with Gasteiger partial charge in [0.15, 0.2) is 4.47 Å². The molecule has 0 amide bonds. The third-order valence-electron chi connectivity index (χ3n) is 1.52. The van der Waals surface area contributed by atoms with Gasteiger partial charge in [0, 0.05) is 0 Å². The maximum Gasteiger partial charge on any atom is 0.184 e. The van der Waals surface area contributed by atoms with Crippen molar-refractivity contribution in [2.24, 2.45) is 4.99 Å². The molecule has 0 bridgehead atoms. The average molecular weight is 227 g/mol. The molecule has 2 aromatic rings. The molecule has 0 saturated heterocycles. The fourth-order valence-corrected chi connectivity index (χ4v) is 2.18. The van der Waals surface area contributed by atoms with E-state index in [1.54, 1.807) is 0 Å². The number of halogens is 1. The average Bonchev–Trinajstić information content (AvgIpc) is 2.44. The summed E-state index contributed by atoms with van der Waals surface area (Å²) < 4.78 is 1.55. The number of thiazole rings is 1. The number of aromatic nitrogens is 1. The summed E-state index contributed by atoms with van der Waals surface area (Å²) in [5.41, 5.74) is 1.67. The Bertz CT molecular complexity index is 500. The van der Waals surface area contributed by atoms with E-state index in [0.717, 1.165) is 15.9 Å². The predicted octanol–water partition coefficient (Wildman–Crippen LogP) is 3.68. The van der Waals surface area contributed by atoms with Crippen LogP contribution >= 0.6 is 35.2 Å². The quantitative estimate of drug-likeness (QED) is 0.548. The van der Waals surface area contributed by atoms with Crippen LogP contribution in [0.15, 0.2) is 23.2 Å². The van der Waals surface area contributed by atoms with Crippen LogP contribution in [0.4, 0.5) is 5.69 Å². The molecule has 0 radical (unpaired) electrons. The van der Waals surface area contributed by atoms with Gasteiger partial charge < -0.3 is 0 Å². The van der Waals surface area contributed by atoms with Gasteiger partial charge in [-0.3, -0.25) is 0 Å². The van der Waals surface area contributed by atoms with E-state index < -0.39 is 0 Å². The van der Waals surface area contributed by atoms with Crippen LogP contribution in [0, 0.1) is 0 Å². The molecule has 13 heavy (non-hydrogen) atoms. The number of thiocarbonyl (C=S) groups is 1. The highest BCUT2D eigenvalue weighted by Gasteiger charge is 2.01. The fourth-order valence-electron chi connectivity index (χ4n) is 1.01. The standard InChI is InChI=1S/C8H3ClN2S2/c9-8-11-6-2-1-5(10-4-12)3-7(6)13-8/h1-3H. The monoisotopic (exact) mass is 226 g/mol. The normalized spacial score (nSPS) is 9.92. The largest absolute Gasteiger partial charge is 0.225 e. The van der Waals surface area contributed by atoms with E-state index in [4.69, 9.17) is 11.6 Å². The van der Waals surface area contributed by atoms with Gasteiger partial charge in [0.2, 0.25) is 0 Å². The van der Waals surface area contributed by atoms with E-state index in [1.807, 2.05) is 18.2 Å².